The minimum absolute atomic E-state index is 0.209. The first-order chi connectivity index (χ1) is 8.72. The van der Waals surface area contributed by atoms with Crippen LogP contribution in [0.4, 0.5) is 10.5 Å². The van der Waals surface area contributed by atoms with Crippen molar-refractivity contribution in [2.24, 2.45) is 0 Å². The number of urea groups is 1. The third-order valence-corrected chi connectivity index (χ3v) is 2.72. The predicted octanol–water partition coefficient (Wildman–Crippen LogP) is 3.01. The molecule has 1 rings (SSSR count). The minimum Gasteiger partial charge on any atom is -0.396 e. The van der Waals surface area contributed by atoms with Crippen LogP contribution in [0.3, 0.4) is 0 Å². The van der Waals surface area contributed by atoms with Gasteiger partial charge in [0, 0.05) is 23.9 Å². The second-order valence-electron chi connectivity index (χ2n) is 4.03. The number of amides is 2. The van der Waals surface area contributed by atoms with Crippen LogP contribution in [-0.4, -0.2) is 24.3 Å². The highest BCUT2D eigenvalue weighted by Gasteiger charge is 2.00. The Morgan fingerprint density at radius 3 is 2.44 bits per heavy atom. The van der Waals surface area contributed by atoms with Gasteiger partial charge < -0.3 is 15.7 Å². The van der Waals surface area contributed by atoms with E-state index in [0.717, 1.165) is 31.4 Å². The van der Waals surface area contributed by atoms with Crippen molar-refractivity contribution >= 4 is 23.3 Å². The number of halogens is 1. The normalized spacial score (nSPS) is 10.1. The molecule has 0 saturated carbocycles. The molecule has 0 saturated heterocycles. The second kappa shape index (κ2) is 8.78. The van der Waals surface area contributed by atoms with E-state index >= 15 is 0 Å². The maximum Gasteiger partial charge on any atom is 0.319 e. The summed E-state index contributed by atoms with van der Waals surface area (Å²) in [7, 11) is 0. The van der Waals surface area contributed by atoms with Crippen LogP contribution < -0.4 is 10.6 Å². The summed E-state index contributed by atoms with van der Waals surface area (Å²) in [5.41, 5.74) is 0.720. The average molecular weight is 271 g/mol. The van der Waals surface area contributed by atoms with Gasteiger partial charge in [-0.15, -0.1) is 0 Å². The molecule has 1 aromatic rings. The first kappa shape index (κ1) is 14.8. The van der Waals surface area contributed by atoms with Crippen molar-refractivity contribution in [3.63, 3.8) is 0 Å². The Bertz CT molecular complexity index is 355. The van der Waals surface area contributed by atoms with Gasteiger partial charge in [-0.25, -0.2) is 4.79 Å². The molecule has 0 atom stereocenters. The monoisotopic (exact) mass is 270 g/mol. The summed E-state index contributed by atoms with van der Waals surface area (Å²) in [5, 5.41) is 14.7. The number of unbranched alkanes of at least 4 members (excludes halogenated alkanes) is 3. The average Bonchev–Trinajstić information content (AvgIpc) is 2.36. The van der Waals surface area contributed by atoms with Crippen LogP contribution in [0.1, 0.15) is 25.7 Å². The van der Waals surface area contributed by atoms with Gasteiger partial charge in [-0.2, -0.15) is 0 Å². The first-order valence-electron chi connectivity index (χ1n) is 6.13. The van der Waals surface area contributed by atoms with E-state index in [1.165, 1.54) is 0 Å². The number of rotatable bonds is 7. The Hall–Kier alpha value is -1.26. The third kappa shape index (κ3) is 6.47. The largest absolute Gasteiger partial charge is 0.396 e. The molecule has 0 aliphatic carbocycles. The van der Waals surface area contributed by atoms with Crippen LogP contribution in [0.2, 0.25) is 5.02 Å². The van der Waals surface area contributed by atoms with Crippen molar-refractivity contribution in [3.8, 4) is 0 Å². The van der Waals surface area contributed by atoms with E-state index in [1.807, 2.05) is 0 Å². The van der Waals surface area contributed by atoms with Crippen LogP contribution in [0.25, 0.3) is 0 Å². The minimum atomic E-state index is -0.209. The molecule has 0 fully saturated rings. The summed E-state index contributed by atoms with van der Waals surface area (Å²) in [6.07, 6.45) is 3.77. The van der Waals surface area contributed by atoms with Gasteiger partial charge in [0.1, 0.15) is 0 Å². The lowest BCUT2D eigenvalue weighted by Crippen LogP contribution is -2.29. The molecule has 0 aliphatic heterocycles. The Labute approximate surface area is 112 Å². The molecule has 5 heteroatoms. The molecule has 2 amide bonds. The highest BCUT2D eigenvalue weighted by atomic mass is 35.5. The number of anilines is 1. The number of hydrogen-bond acceptors (Lipinski definition) is 2. The molecule has 0 bridgehead atoms. The molecule has 100 valence electrons. The molecule has 4 nitrogen and oxygen atoms in total. The molecule has 0 heterocycles. The molecule has 0 radical (unpaired) electrons. The van der Waals surface area contributed by atoms with Crippen LogP contribution in [0.5, 0.6) is 0 Å². The SMILES string of the molecule is O=C(NCCCCCCO)Nc1ccc(Cl)cc1. The fraction of sp³-hybridized carbons (Fsp3) is 0.462. The van der Waals surface area contributed by atoms with E-state index in [1.54, 1.807) is 24.3 Å². The summed E-state index contributed by atoms with van der Waals surface area (Å²) >= 11 is 5.75. The maximum absolute atomic E-state index is 11.5. The van der Waals surface area contributed by atoms with E-state index in [9.17, 15) is 4.79 Å². The van der Waals surface area contributed by atoms with Gasteiger partial charge in [0.25, 0.3) is 0 Å². The Kier molecular flexibility index (Phi) is 7.22. The maximum atomic E-state index is 11.5. The van der Waals surface area contributed by atoms with E-state index in [-0.39, 0.29) is 12.6 Å². The Morgan fingerprint density at radius 1 is 1.11 bits per heavy atom. The summed E-state index contributed by atoms with van der Waals surface area (Å²) < 4.78 is 0. The smallest absolute Gasteiger partial charge is 0.319 e. The van der Waals surface area contributed by atoms with Crippen molar-refractivity contribution in [1.29, 1.82) is 0 Å². The van der Waals surface area contributed by atoms with Gasteiger partial charge in [-0.1, -0.05) is 24.4 Å². The molecule has 0 aromatic heterocycles. The predicted molar refractivity (Wildman–Crippen MR) is 74.0 cm³/mol. The summed E-state index contributed by atoms with van der Waals surface area (Å²) in [6, 6.07) is 6.75. The second-order valence-corrected chi connectivity index (χ2v) is 4.46. The van der Waals surface area contributed by atoms with Crippen LogP contribution >= 0.6 is 11.6 Å². The Morgan fingerprint density at radius 2 is 1.78 bits per heavy atom. The summed E-state index contributed by atoms with van der Waals surface area (Å²) in [5.74, 6) is 0. The van der Waals surface area contributed by atoms with Gasteiger partial charge in [0.15, 0.2) is 0 Å². The molecule has 0 aliphatic rings. The van der Waals surface area contributed by atoms with E-state index in [0.29, 0.717) is 11.6 Å². The molecular formula is C13H19ClN2O2. The van der Waals surface area contributed by atoms with Crippen LogP contribution in [-0.2, 0) is 0 Å². The van der Waals surface area contributed by atoms with Crippen molar-refractivity contribution in [1.82, 2.24) is 5.32 Å². The standard InChI is InChI=1S/C13H19ClN2O2/c14-11-5-7-12(8-6-11)16-13(18)15-9-3-1-2-4-10-17/h5-8,17H,1-4,9-10H2,(H2,15,16,18). The van der Waals surface area contributed by atoms with Crippen molar-refractivity contribution < 1.29 is 9.90 Å². The third-order valence-electron chi connectivity index (χ3n) is 2.47. The molecule has 0 spiro atoms. The Balaban J connectivity index is 2.12. The van der Waals surface area contributed by atoms with Crippen molar-refractivity contribution in [3.05, 3.63) is 29.3 Å². The van der Waals surface area contributed by atoms with Crippen LogP contribution in [0.15, 0.2) is 24.3 Å². The molecule has 1 aromatic carbocycles. The topological polar surface area (TPSA) is 61.4 Å². The quantitative estimate of drug-likeness (QED) is 0.667. The first-order valence-corrected chi connectivity index (χ1v) is 6.51. The lowest BCUT2D eigenvalue weighted by Gasteiger charge is -2.07. The summed E-state index contributed by atoms with van der Waals surface area (Å²) in [4.78, 5) is 11.5. The molecule has 18 heavy (non-hydrogen) atoms. The van der Waals surface area contributed by atoms with E-state index in [4.69, 9.17) is 16.7 Å². The van der Waals surface area contributed by atoms with Gasteiger partial charge >= 0.3 is 6.03 Å². The summed E-state index contributed by atoms with van der Waals surface area (Å²) in [6.45, 7) is 0.884. The molecule has 3 N–H and O–H groups in total. The lowest BCUT2D eigenvalue weighted by atomic mass is 10.2. The number of aliphatic hydroxyl groups is 1. The van der Waals surface area contributed by atoms with Crippen molar-refractivity contribution in [2.45, 2.75) is 25.7 Å². The number of carbonyl (C=O) groups excluding carboxylic acids is 1. The lowest BCUT2D eigenvalue weighted by molar-refractivity contribution is 0.251. The number of hydrogen-bond donors (Lipinski definition) is 3. The zero-order chi connectivity index (χ0) is 13.2. The van der Waals surface area contributed by atoms with E-state index in [2.05, 4.69) is 10.6 Å². The zero-order valence-corrected chi connectivity index (χ0v) is 11.0. The van der Waals surface area contributed by atoms with Crippen molar-refractivity contribution in [2.75, 3.05) is 18.5 Å². The number of aliphatic hydroxyl groups excluding tert-OH is 1. The number of carbonyl (C=O) groups is 1. The zero-order valence-electron chi connectivity index (χ0n) is 10.3. The highest BCUT2D eigenvalue weighted by Crippen LogP contribution is 2.12. The van der Waals surface area contributed by atoms with E-state index < -0.39 is 0 Å². The van der Waals surface area contributed by atoms with Gasteiger partial charge in [0.05, 0.1) is 0 Å². The van der Waals surface area contributed by atoms with Crippen LogP contribution in [0, 0.1) is 0 Å². The van der Waals surface area contributed by atoms with Gasteiger partial charge in [-0.05, 0) is 37.1 Å². The molecule has 0 unspecified atom stereocenters. The fourth-order valence-electron chi connectivity index (χ4n) is 1.50. The van der Waals surface area contributed by atoms with Gasteiger partial charge in [0.2, 0.25) is 0 Å². The highest BCUT2D eigenvalue weighted by molar-refractivity contribution is 6.30. The fourth-order valence-corrected chi connectivity index (χ4v) is 1.63. The van der Waals surface area contributed by atoms with Gasteiger partial charge in [-0.3, -0.25) is 0 Å². The number of nitrogens with one attached hydrogen (secondary N) is 2. The number of benzene rings is 1. The molecular weight excluding hydrogens is 252 g/mol.